The normalized spacial score (nSPS) is 18.4. The molecule has 5 heteroatoms. The number of rotatable bonds is 4. The first-order valence-corrected chi connectivity index (χ1v) is 6.92. The van der Waals surface area contributed by atoms with E-state index < -0.39 is 18.2 Å². The highest BCUT2D eigenvalue weighted by atomic mass is 16.5. The van der Waals surface area contributed by atoms with E-state index in [2.05, 4.69) is 9.64 Å². The number of aliphatic hydroxyl groups is 2. The number of carbonyl (C=O) groups is 1. The number of anilines is 1. The molecule has 0 saturated carbocycles. The Hall–Kier alpha value is -1.59. The van der Waals surface area contributed by atoms with Crippen LogP contribution in [0, 0.1) is 0 Å². The van der Waals surface area contributed by atoms with Gasteiger partial charge >= 0.3 is 5.97 Å². The van der Waals surface area contributed by atoms with Gasteiger partial charge in [0.25, 0.3) is 0 Å². The highest BCUT2D eigenvalue weighted by Gasteiger charge is 2.26. The van der Waals surface area contributed by atoms with Gasteiger partial charge in [-0.3, -0.25) is 0 Å². The van der Waals surface area contributed by atoms with Crippen LogP contribution in [0.4, 0.5) is 5.69 Å². The number of piperidine rings is 1. The molecule has 1 aromatic rings. The highest BCUT2D eigenvalue weighted by molar-refractivity contribution is 5.75. The maximum Gasteiger partial charge on any atom is 0.337 e. The Labute approximate surface area is 118 Å². The van der Waals surface area contributed by atoms with E-state index in [1.807, 2.05) is 12.1 Å². The molecule has 2 rings (SSSR count). The second-order valence-corrected chi connectivity index (χ2v) is 5.05. The van der Waals surface area contributed by atoms with E-state index in [9.17, 15) is 15.0 Å². The first kappa shape index (κ1) is 14.8. The van der Waals surface area contributed by atoms with Gasteiger partial charge in [0.05, 0.1) is 7.11 Å². The fourth-order valence-corrected chi connectivity index (χ4v) is 2.47. The van der Waals surface area contributed by atoms with E-state index in [0.717, 1.165) is 18.8 Å². The van der Waals surface area contributed by atoms with Crippen molar-refractivity contribution in [2.24, 2.45) is 0 Å². The Bertz CT molecular complexity index is 440. The van der Waals surface area contributed by atoms with Gasteiger partial charge in [-0.1, -0.05) is 12.1 Å². The van der Waals surface area contributed by atoms with Crippen LogP contribution in [0.25, 0.3) is 0 Å². The lowest BCUT2D eigenvalue weighted by Crippen LogP contribution is -2.30. The zero-order valence-electron chi connectivity index (χ0n) is 11.7. The number of carbonyl (C=O) groups excluding carboxylic acids is 1. The molecular weight excluding hydrogens is 258 g/mol. The monoisotopic (exact) mass is 279 g/mol. The first-order chi connectivity index (χ1) is 9.63. The topological polar surface area (TPSA) is 70.0 Å². The molecule has 1 heterocycles. The van der Waals surface area contributed by atoms with Crippen molar-refractivity contribution < 1.29 is 19.7 Å². The van der Waals surface area contributed by atoms with Crippen LogP contribution in [0.2, 0.25) is 0 Å². The lowest BCUT2D eigenvalue weighted by molar-refractivity contribution is -0.156. The average molecular weight is 279 g/mol. The number of nitrogens with zero attached hydrogens (tertiary/aromatic N) is 1. The van der Waals surface area contributed by atoms with E-state index in [1.54, 1.807) is 12.1 Å². The van der Waals surface area contributed by atoms with Gasteiger partial charge in [-0.15, -0.1) is 0 Å². The van der Waals surface area contributed by atoms with Gasteiger partial charge < -0.3 is 19.8 Å². The fraction of sp³-hybridized carbons (Fsp3) is 0.533. The van der Waals surface area contributed by atoms with Gasteiger partial charge in [-0.05, 0) is 37.0 Å². The summed E-state index contributed by atoms with van der Waals surface area (Å²) in [5.74, 6) is -0.836. The molecule has 0 bridgehead atoms. The molecule has 2 unspecified atom stereocenters. The predicted octanol–water partition coefficient (Wildman–Crippen LogP) is 1.24. The van der Waals surface area contributed by atoms with Gasteiger partial charge in [0, 0.05) is 18.8 Å². The third kappa shape index (κ3) is 3.29. The number of benzene rings is 1. The van der Waals surface area contributed by atoms with E-state index in [1.165, 1.54) is 26.4 Å². The van der Waals surface area contributed by atoms with Crippen molar-refractivity contribution in [1.29, 1.82) is 0 Å². The minimum absolute atomic E-state index is 0.503. The molecule has 2 N–H and O–H groups in total. The molecule has 1 aliphatic heterocycles. The fourth-order valence-electron chi connectivity index (χ4n) is 2.47. The maximum absolute atomic E-state index is 11.2. The molecule has 1 saturated heterocycles. The predicted molar refractivity (Wildman–Crippen MR) is 75.5 cm³/mol. The quantitative estimate of drug-likeness (QED) is 0.812. The molecular formula is C15H21NO4. The Kier molecular flexibility index (Phi) is 4.98. The summed E-state index contributed by atoms with van der Waals surface area (Å²) in [6, 6.07) is 7.29. The Balaban J connectivity index is 2.05. The Morgan fingerprint density at radius 3 is 2.30 bits per heavy atom. The summed E-state index contributed by atoms with van der Waals surface area (Å²) in [5.41, 5.74) is 1.61. The van der Waals surface area contributed by atoms with E-state index in [4.69, 9.17) is 0 Å². The average Bonchev–Trinajstić information content (AvgIpc) is 2.53. The minimum Gasteiger partial charge on any atom is -0.467 e. The molecule has 0 aliphatic carbocycles. The van der Waals surface area contributed by atoms with Crippen molar-refractivity contribution in [3.63, 3.8) is 0 Å². The number of esters is 1. The summed E-state index contributed by atoms with van der Waals surface area (Å²) in [4.78, 5) is 13.5. The van der Waals surface area contributed by atoms with E-state index in [-0.39, 0.29) is 0 Å². The summed E-state index contributed by atoms with van der Waals surface area (Å²) in [5, 5.41) is 19.6. The van der Waals surface area contributed by atoms with Crippen molar-refractivity contribution in [2.75, 3.05) is 25.1 Å². The number of hydrogen-bond donors (Lipinski definition) is 2. The van der Waals surface area contributed by atoms with Crippen LogP contribution in [0.1, 0.15) is 30.9 Å². The number of aliphatic hydroxyl groups excluding tert-OH is 2. The summed E-state index contributed by atoms with van der Waals surface area (Å²) < 4.78 is 4.42. The smallest absolute Gasteiger partial charge is 0.337 e. The van der Waals surface area contributed by atoms with Crippen LogP contribution < -0.4 is 4.90 Å². The molecule has 0 aromatic heterocycles. The van der Waals surface area contributed by atoms with Crippen molar-refractivity contribution >= 4 is 11.7 Å². The lowest BCUT2D eigenvalue weighted by Gasteiger charge is -2.29. The minimum atomic E-state index is -1.55. The molecule has 1 fully saturated rings. The lowest BCUT2D eigenvalue weighted by atomic mass is 10.0. The molecule has 0 radical (unpaired) electrons. The van der Waals surface area contributed by atoms with Crippen LogP contribution in [-0.2, 0) is 9.53 Å². The van der Waals surface area contributed by atoms with Crippen LogP contribution >= 0.6 is 0 Å². The molecule has 0 amide bonds. The molecule has 1 aliphatic rings. The first-order valence-electron chi connectivity index (χ1n) is 6.92. The second kappa shape index (κ2) is 6.72. The summed E-state index contributed by atoms with van der Waals surface area (Å²) >= 11 is 0. The zero-order chi connectivity index (χ0) is 14.5. The summed E-state index contributed by atoms with van der Waals surface area (Å²) in [7, 11) is 1.18. The van der Waals surface area contributed by atoms with Crippen molar-refractivity contribution in [3.05, 3.63) is 29.8 Å². The Morgan fingerprint density at radius 2 is 1.75 bits per heavy atom. The second-order valence-electron chi connectivity index (χ2n) is 5.05. The van der Waals surface area contributed by atoms with Gasteiger partial charge in [0.2, 0.25) is 0 Å². The number of hydrogen-bond acceptors (Lipinski definition) is 5. The highest BCUT2D eigenvalue weighted by Crippen LogP contribution is 2.24. The Morgan fingerprint density at radius 1 is 1.15 bits per heavy atom. The van der Waals surface area contributed by atoms with Gasteiger partial charge in [-0.25, -0.2) is 4.79 Å². The zero-order valence-corrected chi connectivity index (χ0v) is 11.7. The molecule has 2 atom stereocenters. The van der Waals surface area contributed by atoms with Crippen molar-refractivity contribution in [2.45, 2.75) is 31.5 Å². The van der Waals surface area contributed by atoms with E-state index in [0.29, 0.717) is 5.56 Å². The van der Waals surface area contributed by atoms with Crippen molar-refractivity contribution in [1.82, 2.24) is 0 Å². The van der Waals surface area contributed by atoms with Crippen LogP contribution in [0.5, 0.6) is 0 Å². The van der Waals surface area contributed by atoms with Crippen molar-refractivity contribution in [3.8, 4) is 0 Å². The van der Waals surface area contributed by atoms with Gasteiger partial charge in [-0.2, -0.15) is 0 Å². The molecule has 20 heavy (non-hydrogen) atoms. The number of ether oxygens (including phenoxy) is 1. The largest absolute Gasteiger partial charge is 0.467 e. The van der Waals surface area contributed by atoms with Crippen LogP contribution in [0.3, 0.4) is 0 Å². The van der Waals surface area contributed by atoms with Gasteiger partial charge in [0.15, 0.2) is 6.10 Å². The van der Waals surface area contributed by atoms with E-state index >= 15 is 0 Å². The molecule has 1 aromatic carbocycles. The summed E-state index contributed by atoms with van der Waals surface area (Å²) in [6.45, 7) is 2.10. The SMILES string of the molecule is COC(=O)C(O)C(O)c1ccc(N2CCCCC2)cc1. The third-order valence-corrected chi connectivity index (χ3v) is 3.70. The molecule has 5 nitrogen and oxygen atoms in total. The standard InChI is InChI=1S/C15H21NO4/c1-20-15(19)14(18)13(17)11-5-7-12(8-6-11)16-9-3-2-4-10-16/h5-8,13-14,17-18H,2-4,9-10H2,1H3. The van der Waals surface area contributed by atoms with Crippen LogP contribution in [0.15, 0.2) is 24.3 Å². The number of methoxy groups -OCH3 is 1. The maximum atomic E-state index is 11.2. The molecule has 0 spiro atoms. The van der Waals surface area contributed by atoms with Gasteiger partial charge in [0.1, 0.15) is 6.10 Å². The third-order valence-electron chi connectivity index (χ3n) is 3.70. The summed E-state index contributed by atoms with van der Waals surface area (Å²) in [6.07, 6.45) is 0.855. The van der Waals surface area contributed by atoms with Crippen LogP contribution in [-0.4, -0.2) is 42.5 Å². The molecule has 110 valence electrons.